The van der Waals surface area contributed by atoms with Crippen LogP contribution in [0.4, 0.5) is 4.39 Å². The molecule has 1 aliphatic carbocycles. The predicted octanol–water partition coefficient (Wildman–Crippen LogP) is 1.96. The summed E-state index contributed by atoms with van der Waals surface area (Å²) in [6.07, 6.45) is 4.92. The number of rotatable bonds is 5. The van der Waals surface area contributed by atoms with Gasteiger partial charge in [-0.3, -0.25) is 4.90 Å². The molecule has 6 heteroatoms. The highest BCUT2D eigenvalue weighted by Crippen LogP contribution is 2.29. The fraction of sp³-hybridized carbons (Fsp3) is 0.684. The van der Waals surface area contributed by atoms with E-state index in [2.05, 4.69) is 4.90 Å². The van der Waals surface area contributed by atoms with Crippen molar-refractivity contribution in [2.75, 3.05) is 39.5 Å². The van der Waals surface area contributed by atoms with Crippen LogP contribution in [0.1, 0.15) is 32.1 Å². The lowest BCUT2D eigenvalue weighted by Gasteiger charge is -2.38. The zero-order valence-electron chi connectivity index (χ0n) is 14.6. The number of hydrogen-bond donors (Lipinski definition) is 2. The summed E-state index contributed by atoms with van der Waals surface area (Å²) >= 11 is 0. The Hall–Kier alpha value is -1.21. The van der Waals surface area contributed by atoms with E-state index >= 15 is 0 Å². The van der Waals surface area contributed by atoms with Gasteiger partial charge in [-0.1, -0.05) is 19.3 Å². The monoisotopic (exact) mass is 353 g/mol. The molecule has 1 aliphatic heterocycles. The first-order chi connectivity index (χ1) is 12.0. The van der Waals surface area contributed by atoms with E-state index in [-0.39, 0.29) is 19.0 Å². The normalized spacial score (nSPS) is 27.6. The standard InChI is InChI=1S/C19H28FNO4/c20-16-4-6-17(7-5-16)25-15-19(23)13-21(10-11-24-14-19)12-18(22)8-2-1-3-9-18/h4-7,22-23H,1-3,8-15H2/t19-/m1/s1. The Bertz CT molecular complexity index is 547. The second-order valence-corrected chi connectivity index (χ2v) is 7.52. The van der Waals surface area contributed by atoms with Gasteiger partial charge in [-0.25, -0.2) is 4.39 Å². The van der Waals surface area contributed by atoms with Crippen LogP contribution in [0.3, 0.4) is 0 Å². The second kappa shape index (κ2) is 7.99. The Morgan fingerprint density at radius 1 is 1.08 bits per heavy atom. The minimum absolute atomic E-state index is 0.0631. The van der Waals surface area contributed by atoms with Gasteiger partial charge < -0.3 is 19.7 Å². The molecule has 2 N–H and O–H groups in total. The summed E-state index contributed by atoms with van der Waals surface area (Å²) in [5.74, 6) is 0.187. The average molecular weight is 353 g/mol. The van der Waals surface area contributed by atoms with Gasteiger partial charge in [0.2, 0.25) is 0 Å². The summed E-state index contributed by atoms with van der Waals surface area (Å²) in [5, 5.41) is 21.7. The van der Waals surface area contributed by atoms with Crippen molar-refractivity contribution in [2.45, 2.75) is 43.3 Å². The van der Waals surface area contributed by atoms with E-state index in [9.17, 15) is 14.6 Å². The molecule has 2 aliphatic rings. The maximum absolute atomic E-state index is 13.0. The molecule has 2 fully saturated rings. The first-order valence-corrected chi connectivity index (χ1v) is 9.10. The molecular weight excluding hydrogens is 325 g/mol. The minimum atomic E-state index is -1.16. The van der Waals surface area contributed by atoms with Crippen molar-refractivity contribution < 1.29 is 24.1 Å². The zero-order chi connectivity index (χ0) is 17.8. The zero-order valence-corrected chi connectivity index (χ0v) is 14.6. The van der Waals surface area contributed by atoms with Crippen LogP contribution < -0.4 is 4.74 Å². The van der Waals surface area contributed by atoms with Crippen LogP contribution in [0, 0.1) is 5.82 Å². The van der Waals surface area contributed by atoms with Crippen LogP contribution in [0.15, 0.2) is 24.3 Å². The number of ether oxygens (including phenoxy) is 2. The van der Waals surface area contributed by atoms with Crippen LogP contribution in [0.5, 0.6) is 5.75 Å². The van der Waals surface area contributed by atoms with Crippen molar-refractivity contribution in [1.29, 1.82) is 0 Å². The topological polar surface area (TPSA) is 62.2 Å². The van der Waals surface area contributed by atoms with Crippen molar-refractivity contribution in [3.8, 4) is 5.75 Å². The summed E-state index contributed by atoms with van der Waals surface area (Å²) in [7, 11) is 0. The van der Waals surface area contributed by atoms with Gasteiger partial charge in [0.15, 0.2) is 0 Å². The smallest absolute Gasteiger partial charge is 0.134 e. The Balaban J connectivity index is 1.58. The Morgan fingerprint density at radius 3 is 2.52 bits per heavy atom. The molecule has 1 saturated carbocycles. The molecule has 1 saturated heterocycles. The van der Waals surface area contributed by atoms with Crippen molar-refractivity contribution in [1.82, 2.24) is 4.90 Å². The van der Waals surface area contributed by atoms with Crippen LogP contribution in [0.2, 0.25) is 0 Å². The fourth-order valence-corrected chi connectivity index (χ4v) is 3.75. The highest BCUT2D eigenvalue weighted by Gasteiger charge is 2.37. The molecule has 0 unspecified atom stereocenters. The van der Waals surface area contributed by atoms with Gasteiger partial charge >= 0.3 is 0 Å². The molecule has 1 atom stereocenters. The van der Waals surface area contributed by atoms with Crippen LogP contribution in [-0.2, 0) is 4.74 Å². The van der Waals surface area contributed by atoms with E-state index in [4.69, 9.17) is 9.47 Å². The number of benzene rings is 1. The number of nitrogens with zero attached hydrogens (tertiary/aromatic N) is 1. The Labute approximate surface area is 148 Å². The number of hydrogen-bond acceptors (Lipinski definition) is 5. The van der Waals surface area contributed by atoms with Crippen molar-refractivity contribution >= 4 is 0 Å². The maximum atomic E-state index is 13.0. The summed E-state index contributed by atoms with van der Waals surface area (Å²) in [6, 6.07) is 5.74. The molecule has 5 nitrogen and oxygen atoms in total. The van der Waals surface area contributed by atoms with Gasteiger partial charge in [-0.15, -0.1) is 0 Å². The van der Waals surface area contributed by atoms with E-state index in [0.29, 0.717) is 32.0 Å². The molecule has 25 heavy (non-hydrogen) atoms. The Morgan fingerprint density at radius 2 is 1.80 bits per heavy atom. The molecule has 1 aromatic rings. The van der Waals surface area contributed by atoms with Gasteiger partial charge in [-0.2, -0.15) is 0 Å². The number of halogens is 1. The summed E-state index contributed by atoms with van der Waals surface area (Å²) in [5.41, 5.74) is -1.82. The predicted molar refractivity (Wildman–Crippen MR) is 92.1 cm³/mol. The third kappa shape index (κ3) is 5.38. The fourth-order valence-electron chi connectivity index (χ4n) is 3.75. The molecule has 1 aromatic carbocycles. The highest BCUT2D eigenvalue weighted by molar-refractivity contribution is 5.22. The van der Waals surface area contributed by atoms with E-state index in [0.717, 1.165) is 25.7 Å². The lowest BCUT2D eigenvalue weighted by molar-refractivity contribution is -0.0759. The largest absolute Gasteiger partial charge is 0.490 e. The summed E-state index contributed by atoms with van der Waals surface area (Å²) in [4.78, 5) is 2.08. The van der Waals surface area contributed by atoms with Crippen molar-refractivity contribution in [3.63, 3.8) is 0 Å². The molecule has 0 bridgehead atoms. The van der Waals surface area contributed by atoms with Gasteiger partial charge in [0.1, 0.15) is 23.8 Å². The first-order valence-electron chi connectivity index (χ1n) is 9.10. The van der Waals surface area contributed by atoms with E-state index in [1.165, 1.54) is 18.6 Å². The molecule has 3 rings (SSSR count). The number of β-amino-alcohol motifs (C(OH)–C–C–N with tert-alkyl or cyclic N) is 2. The quantitative estimate of drug-likeness (QED) is 0.847. The minimum Gasteiger partial charge on any atom is -0.490 e. The van der Waals surface area contributed by atoms with Crippen LogP contribution in [0.25, 0.3) is 0 Å². The average Bonchev–Trinajstić information content (AvgIpc) is 2.76. The van der Waals surface area contributed by atoms with Gasteiger partial charge in [0, 0.05) is 19.6 Å². The van der Waals surface area contributed by atoms with Crippen molar-refractivity contribution in [2.24, 2.45) is 0 Å². The van der Waals surface area contributed by atoms with Gasteiger partial charge in [-0.05, 0) is 37.1 Å². The van der Waals surface area contributed by atoms with E-state index in [1.807, 2.05) is 0 Å². The van der Waals surface area contributed by atoms with Crippen LogP contribution in [-0.4, -0.2) is 65.8 Å². The Kier molecular flexibility index (Phi) is 5.94. The van der Waals surface area contributed by atoms with Crippen LogP contribution >= 0.6 is 0 Å². The molecule has 1 heterocycles. The van der Waals surface area contributed by atoms with Gasteiger partial charge in [0.25, 0.3) is 0 Å². The molecule has 0 amide bonds. The van der Waals surface area contributed by atoms with E-state index < -0.39 is 11.2 Å². The number of aliphatic hydroxyl groups is 2. The SMILES string of the molecule is OC1(CN2CCOC[C@@](O)(COc3ccc(F)cc3)C2)CCCCC1. The molecule has 0 spiro atoms. The highest BCUT2D eigenvalue weighted by atomic mass is 19.1. The van der Waals surface area contributed by atoms with Crippen molar-refractivity contribution in [3.05, 3.63) is 30.1 Å². The summed E-state index contributed by atoms with van der Waals surface area (Å²) < 4.78 is 24.2. The van der Waals surface area contributed by atoms with E-state index in [1.54, 1.807) is 12.1 Å². The van der Waals surface area contributed by atoms with Gasteiger partial charge in [0.05, 0.1) is 18.8 Å². The second-order valence-electron chi connectivity index (χ2n) is 7.52. The lowest BCUT2D eigenvalue weighted by Crippen LogP contribution is -2.53. The lowest BCUT2D eigenvalue weighted by atomic mass is 9.84. The third-order valence-electron chi connectivity index (χ3n) is 5.06. The first kappa shape index (κ1) is 18.6. The summed E-state index contributed by atoms with van der Waals surface area (Å²) in [6.45, 7) is 2.39. The maximum Gasteiger partial charge on any atom is 0.134 e. The molecule has 0 radical (unpaired) electrons. The third-order valence-corrected chi connectivity index (χ3v) is 5.06. The molecule has 0 aromatic heterocycles. The molecule has 140 valence electrons. The molecular formula is C19H28FNO4.